The number of hydrogen-bond acceptors (Lipinski definition) is 7. The quantitative estimate of drug-likeness (QED) is 0.864. The van der Waals surface area contributed by atoms with E-state index in [4.69, 9.17) is 9.47 Å². The van der Waals surface area contributed by atoms with E-state index in [9.17, 15) is 4.79 Å². The molecule has 0 bridgehead atoms. The zero-order valence-corrected chi connectivity index (χ0v) is 12.6. The van der Waals surface area contributed by atoms with E-state index >= 15 is 0 Å². The van der Waals surface area contributed by atoms with Crippen LogP contribution in [0, 0.1) is 0 Å². The van der Waals surface area contributed by atoms with Crippen LogP contribution in [0.25, 0.3) is 0 Å². The molecular formula is C12H20N4O3S. The van der Waals surface area contributed by atoms with E-state index in [-0.39, 0.29) is 12.0 Å². The Bertz CT molecular complexity index is 440. The maximum atomic E-state index is 12.0. The average Bonchev–Trinajstić information content (AvgIpc) is 2.71. The third-order valence-electron chi connectivity index (χ3n) is 2.88. The van der Waals surface area contributed by atoms with E-state index in [2.05, 4.69) is 20.4 Å². The van der Waals surface area contributed by atoms with Crippen molar-refractivity contribution in [2.75, 3.05) is 38.7 Å². The molecular weight excluding hydrogens is 280 g/mol. The van der Waals surface area contributed by atoms with E-state index < -0.39 is 0 Å². The molecule has 20 heavy (non-hydrogen) atoms. The van der Waals surface area contributed by atoms with Crippen molar-refractivity contribution in [2.24, 2.45) is 0 Å². The molecule has 0 unspecified atom stereocenters. The molecule has 8 heteroatoms. The van der Waals surface area contributed by atoms with Crippen molar-refractivity contribution >= 4 is 22.4 Å². The molecule has 1 fully saturated rings. The number of methoxy groups -OCH3 is 1. The lowest BCUT2D eigenvalue weighted by molar-refractivity contribution is -0.117. The summed E-state index contributed by atoms with van der Waals surface area (Å²) in [6.07, 6.45) is 1.12. The van der Waals surface area contributed by atoms with Gasteiger partial charge in [0, 0.05) is 26.8 Å². The van der Waals surface area contributed by atoms with E-state index in [0.29, 0.717) is 18.3 Å². The van der Waals surface area contributed by atoms with Gasteiger partial charge in [0.15, 0.2) is 0 Å². The third-order valence-corrected chi connectivity index (χ3v) is 3.70. The molecule has 1 saturated heterocycles. The highest BCUT2D eigenvalue weighted by atomic mass is 32.1. The minimum atomic E-state index is -0.0702. The Balaban J connectivity index is 1.81. The highest BCUT2D eigenvalue weighted by Gasteiger charge is 2.18. The minimum absolute atomic E-state index is 0.0702. The number of rotatable bonds is 5. The van der Waals surface area contributed by atoms with Crippen LogP contribution in [-0.2, 0) is 20.9 Å². The summed E-state index contributed by atoms with van der Waals surface area (Å²) >= 11 is 1.33. The predicted molar refractivity (Wildman–Crippen MR) is 75.7 cm³/mol. The first-order valence-corrected chi connectivity index (χ1v) is 7.44. The summed E-state index contributed by atoms with van der Waals surface area (Å²) in [4.78, 5) is 14.1. The fourth-order valence-corrected chi connectivity index (χ4v) is 2.80. The summed E-state index contributed by atoms with van der Waals surface area (Å²) in [6.45, 7) is 5.21. The van der Waals surface area contributed by atoms with Gasteiger partial charge in [-0.2, -0.15) is 0 Å². The van der Waals surface area contributed by atoms with Crippen LogP contribution >= 0.6 is 11.3 Å². The van der Waals surface area contributed by atoms with Gasteiger partial charge < -0.3 is 9.47 Å². The first-order chi connectivity index (χ1) is 9.67. The number of anilines is 1. The first kappa shape index (κ1) is 15.3. The fourth-order valence-electron chi connectivity index (χ4n) is 2.07. The fraction of sp³-hybridized carbons (Fsp3) is 0.750. The molecule has 1 aromatic rings. The van der Waals surface area contributed by atoms with E-state index in [0.717, 1.165) is 31.1 Å². The van der Waals surface area contributed by atoms with Crippen molar-refractivity contribution in [3.8, 4) is 0 Å². The molecule has 1 atom stereocenters. The third kappa shape index (κ3) is 4.78. The van der Waals surface area contributed by atoms with Crippen LogP contribution in [0.1, 0.15) is 18.4 Å². The van der Waals surface area contributed by atoms with Gasteiger partial charge in [-0.1, -0.05) is 11.3 Å². The molecule has 1 amide bonds. The zero-order chi connectivity index (χ0) is 14.4. The van der Waals surface area contributed by atoms with Crippen molar-refractivity contribution in [1.29, 1.82) is 0 Å². The first-order valence-electron chi connectivity index (χ1n) is 6.62. The van der Waals surface area contributed by atoms with Crippen molar-refractivity contribution in [3.63, 3.8) is 0 Å². The Labute approximate surface area is 122 Å². The van der Waals surface area contributed by atoms with Gasteiger partial charge in [0.1, 0.15) is 11.6 Å². The number of nitrogens with zero attached hydrogens (tertiary/aromatic N) is 3. The molecule has 0 radical (unpaired) electrons. The van der Waals surface area contributed by atoms with Gasteiger partial charge in [0.25, 0.3) is 0 Å². The number of aromatic nitrogens is 2. The monoisotopic (exact) mass is 300 g/mol. The van der Waals surface area contributed by atoms with Gasteiger partial charge in [-0.25, -0.2) is 0 Å². The lowest BCUT2D eigenvalue weighted by atomic mass is 10.3. The Hall–Kier alpha value is -1.09. The standard InChI is InChI=1S/C12H20N4O3S/c1-9-6-16(4-3-5-19-9)7-10(17)13-12-15-14-11(20-12)8-18-2/h9H,3-8H2,1-2H3,(H,13,15,17)/t9-/m1/s1. The number of nitrogens with one attached hydrogen (secondary N) is 1. The molecule has 1 aliphatic rings. The molecule has 0 spiro atoms. The number of hydrogen-bond donors (Lipinski definition) is 1. The Morgan fingerprint density at radius 2 is 2.45 bits per heavy atom. The largest absolute Gasteiger partial charge is 0.377 e. The van der Waals surface area contributed by atoms with Crippen molar-refractivity contribution in [2.45, 2.75) is 26.1 Å². The smallest absolute Gasteiger partial charge is 0.240 e. The maximum absolute atomic E-state index is 12.0. The van der Waals surface area contributed by atoms with Crippen LogP contribution in [-0.4, -0.2) is 60.5 Å². The van der Waals surface area contributed by atoms with Crippen LogP contribution in [0.2, 0.25) is 0 Å². The Kier molecular flexibility index (Phi) is 5.84. The zero-order valence-electron chi connectivity index (χ0n) is 11.8. The van der Waals surface area contributed by atoms with Crippen LogP contribution < -0.4 is 5.32 Å². The molecule has 2 rings (SSSR count). The lowest BCUT2D eigenvalue weighted by Crippen LogP contribution is -2.37. The van der Waals surface area contributed by atoms with Gasteiger partial charge >= 0.3 is 0 Å². The molecule has 0 saturated carbocycles. The molecule has 112 valence electrons. The summed E-state index contributed by atoms with van der Waals surface area (Å²) in [6, 6.07) is 0. The van der Waals surface area contributed by atoms with Crippen LogP contribution in [0.4, 0.5) is 5.13 Å². The molecule has 0 aliphatic carbocycles. The molecule has 1 aromatic heterocycles. The number of carbonyl (C=O) groups is 1. The summed E-state index contributed by atoms with van der Waals surface area (Å²) in [7, 11) is 1.60. The molecule has 1 N–H and O–H groups in total. The second-order valence-corrected chi connectivity index (χ2v) is 5.81. The van der Waals surface area contributed by atoms with Gasteiger partial charge in [0.2, 0.25) is 11.0 Å². The predicted octanol–water partition coefficient (Wildman–Crippen LogP) is 0.734. The van der Waals surface area contributed by atoms with E-state index in [1.54, 1.807) is 7.11 Å². The Morgan fingerprint density at radius 3 is 3.25 bits per heavy atom. The summed E-state index contributed by atoms with van der Waals surface area (Å²) in [5.41, 5.74) is 0. The van der Waals surface area contributed by atoms with Gasteiger partial charge in [-0.3, -0.25) is 15.0 Å². The van der Waals surface area contributed by atoms with Gasteiger partial charge in [0.05, 0.1) is 12.6 Å². The van der Waals surface area contributed by atoms with Crippen molar-refractivity contribution in [1.82, 2.24) is 15.1 Å². The number of carbonyl (C=O) groups excluding carboxylic acids is 1. The normalized spacial score (nSPS) is 20.6. The topological polar surface area (TPSA) is 76.6 Å². The number of ether oxygens (including phenoxy) is 2. The highest BCUT2D eigenvalue weighted by molar-refractivity contribution is 7.15. The van der Waals surface area contributed by atoms with E-state index in [1.807, 2.05) is 6.92 Å². The average molecular weight is 300 g/mol. The van der Waals surface area contributed by atoms with Gasteiger partial charge in [-0.15, -0.1) is 10.2 Å². The molecule has 0 aromatic carbocycles. The van der Waals surface area contributed by atoms with Gasteiger partial charge in [-0.05, 0) is 13.3 Å². The highest BCUT2D eigenvalue weighted by Crippen LogP contribution is 2.15. The van der Waals surface area contributed by atoms with E-state index in [1.165, 1.54) is 11.3 Å². The summed E-state index contributed by atoms with van der Waals surface area (Å²) in [5, 5.41) is 11.9. The lowest BCUT2D eigenvalue weighted by Gasteiger charge is -2.20. The van der Waals surface area contributed by atoms with Crippen LogP contribution in [0.3, 0.4) is 0 Å². The van der Waals surface area contributed by atoms with Crippen molar-refractivity contribution in [3.05, 3.63) is 5.01 Å². The minimum Gasteiger partial charge on any atom is -0.377 e. The summed E-state index contributed by atoms with van der Waals surface area (Å²) < 4.78 is 10.5. The SMILES string of the molecule is COCc1nnc(NC(=O)CN2CCCO[C@H](C)C2)s1. The van der Waals surface area contributed by atoms with Crippen molar-refractivity contribution < 1.29 is 14.3 Å². The number of amides is 1. The summed E-state index contributed by atoms with van der Waals surface area (Å²) in [5.74, 6) is -0.0702. The van der Waals surface area contributed by atoms with Crippen LogP contribution in [0.15, 0.2) is 0 Å². The molecule has 2 heterocycles. The Morgan fingerprint density at radius 1 is 1.60 bits per heavy atom. The molecule has 1 aliphatic heterocycles. The molecule has 7 nitrogen and oxygen atoms in total. The maximum Gasteiger partial charge on any atom is 0.240 e. The second kappa shape index (κ2) is 7.63. The van der Waals surface area contributed by atoms with Crippen LogP contribution in [0.5, 0.6) is 0 Å². The second-order valence-electron chi connectivity index (χ2n) is 4.75.